The van der Waals surface area contributed by atoms with Crippen LogP contribution in [0.2, 0.25) is 0 Å². The van der Waals surface area contributed by atoms with Gasteiger partial charge in [-0.05, 0) is 13.1 Å². The summed E-state index contributed by atoms with van der Waals surface area (Å²) in [5.74, 6) is -0.373. The molecule has 4 N–H and O–H groups in total. The number of nitrogens with two attached hydrogens (primary N) is 1. The third kappa shape index (κ3) is 4.78. The van der Waals surface area contributed by atoms with Crippen molar-refractivity contribution in [2.24, 2.45) is 11.7 Å². The molecule has 1 aromatic rings. The largest absolute Gasteiger partial charge is 0.493 e. The van der Waals surface area contributed by atoms with Gasteiger partial charge in [0, 0.05) is 18.5 Å². The molecule has 1 unspecified atom stereocenters. The molecule has 0 heterocycles. The molecule has 0 aromatic heterocycles. The van der Waals surface area contributed by atoms with E-state index in [9.17, 15) is 9.59 Å². The van der Waals surface area contributed by atoms with Gasteiger partial charge in [0.25, 0.3) is 5.91 Å². The number of hydrogen-bond donors (Lipinski definition) is 3. The van der Waals surface area contributed by atoms with Crippen molar-refractivity contribution in [1.82, 2.24) is 5.32 Å². The Labute approximate surface area is 135 Å². The van der Waals surface area contributed by atoms with E-state index in [1.807, 2.05) is 0 Å². The zero-order valence-corrected chi connectivity index (χ0v) is 13.9. The Bertz CT molecular complexity index is 537. The van der Waals surface area contributed by atoms with Crippen molar-refractivity contribution < 1.29 is 19.1 Å². The molecule has 0 fully saturated rings. The van der Waals surface area contributed by atoms with Crippen molar-refractivity contribution >= 4 is 29.9 Å². The standard InChI is InChI=1S/C14H21N3O4.ClH/c1-8(7-16-2)14(19)17-10-6-12(21-4)11(20-3)5-9(10)13(15)18;/h5-6,8,16H,7H2,1-4H3,(H2,15,18)(H,17,19);1H. The summed E-state index contributed by atoms with van der Waals surface area (Å²) in [6.45, 7) is 2.29. The summed E-state index contributed by atoms with van der Waals surface area (Å²) in [4.78, 5) is 23.6. The van der Waals surface area contributed by atoms with Crippen LogP contribution < -0.4 is 25.8 Å². The monoisotopic (exact) mass is 331 g/mol. The SMILES string of the molecule is CNCC(C)C(=O)Nc1cc(OC)c(OC)cc1C(N)=O.Cl. The lowest BCUT2D eigenvalue weighted by atomic mass is 10.1. The fourth-order valence-corrected chi connectivity index (χ4v) is 1.84. The molecule has 0 saturated carbocycles. The molecular formula is C14H22ClN3O4. The topological polar surface area (TPSA) is 103 Å². The van der Waals surface area contributed by atoms with E-state index in [4.69, 9.17) is 15.2 Å². The molecule has 22 heavy (non-hydrogen) atoms. The number of ether oxygens (including phenoxy) is 2. The number of primary amides is 1. The maximum atomic E-state index is 12.1. The van der Waals surface area contributed by atoms with Crippen LogP contribution in [0.5, 0.6) is 11.5 Å². The van der Waals surface area contributed by atoms with Gasteiger partial charge in [0.05, 0.1) is 25.5 Å². The van der Waals surface area contributed by atoms with Crippen molar-refractivity contribution in [3.05, 3.63) is 17.7 Å². The van der Waals surface area contributed by atoms with Crippen LogP contribution in [0.25, 0.3) is 0 Å². The Balaban J connectivity index is 0.00000441. The Kier molecular flexibility index (Phi) is 8.29. The van der Waals surface area contributed by atoms with Gasteiger partial charge in [-0.2, -0.15) is 0 Å². The molecule has 0 aliphatic carbocycles. The fourth-order valence-electron chi connectivity index (χ4n) is 1.84. The molecule has 7 nitrogen and oxygen atoms in total. The van der Waals surface area contributed by atoms with Crippen LogP contribution in [0.1, 0.15) is 17.3 Å². The van der Waals surface area contributed by atoms with Crippen molar-refractivity contribution in [2.75, 3.05) is 33.1 Å². The highest BCUT2D eigenvalue weighted by Crippen LogP contribution is 2.33. The Morgan fingerprint density at radius 1 is 1.23 bits per heavy atom. The van der Waals surface area contributed by atoms with Gasteiger partial charge in [0.1, 0.15) is 0 Å². The van der Waals surface area contributed by atoms with Gasteiger partial charge in [-0.25, -0.2) is 0 Å². The average Bonchev–Trinajstić information content (AvgIpc) is 2.46. The highest BCUT2D eigenvalue weighted by Gasteiger charge is 2.19. The van der Waals surface area contributed by atoms with E-state index in [0.717, 1.165) is 0 Å². The van der Waals surface area contributed by atoms with Crippen molar-refractivity contribution in [1.29, 1.82) is 0 Å². The maximum absolute atomic E-state index is 12.1. The Morgan fingerprint density at radius 2 is 1.77 bits per heavy atom. The highest BCUT2D eigenvalue weighted by atomic mass is 35.5. The second-order valence-electron chi connectivity index (χ2n) is 4.57. The number of methoxy groups -OCH3 is 2. The van der Waals surface area contributed by atoms with Gasteiger partial charge in [-0.3, -0.25) is 9.59 Å². The second kappa shape index (κ2) is 9.11. The molecule has 1 rings (SSSR count). The molecular weight excluding hydrogens is 310 g/mol. The van der Waals surface area contributed by atoms with Crippen LogP contribution >= 0.6 is 12.4 Å². The van der Waals surface area contributed by atoms with E-state index < -0.39 is 5.91 Å². The van der Waals surface area contributed by atoms with Crippen molar-refractivity contribution in [3.63, 3.8) is 0 Å². The van der Waals surface area contributed by atoms with Crippen molar-refractivity contribution in [3.8, 4) is 11.5 Å². The first kappa shape index (κ1) is 20.0. The first-order chi connectivity index (χ1) is 9.94. The number of carbonyl (C=O) groups excluding carboxylic acids is 2. The molecule has 0 bridgehead atoms. The summed E-state index contributed by atoms with van der Waals surface area (Å²) in [5.41, 5.74) is 5.80. The first-order valence-corrected chi connectivity index (χ1v) is 6.45. The summed E-state index contributed by atoms with van der Waals surface area (Å²) in [6, 6.07) is 2.96. The molecule has 0 saturated heterocycles. The minimum absolute atomic E-state index is 0. The van der Waals surface area contributed by atoms with Crippen LogP contribution in [0.4, 0.5) is 5.69 Å². The van der Waals surface area contributed by atoms with Gasteiger partial charge in [0.15, 0.2) is 11.5 Å². The summed E-state index contributed by atoms with van der Waals surface area (Å²) < 4.78 is 10.3. The van der Waals surface area contributed by atoms with E-state index in [2.05, 4.69) is 10.6 Å². The molecule has 0 aliphatic heterocycles. The van der Waals surface area contributed by atoms with Gasteiger partial charge in [-0.15, -0.1) is 12.4 Å². The molecule has 1 aromatic carbocycles. The molecule has 8 heteroatoms. The minimum Gasteiger partial charge on any atom is -0.493 e. The lowest BCUT2D eigenvalue weighted by molar-refractivity contribution is -0.119. The number of rotatable bonds is 7. The molecule has 0 radical (unpaired) electrons. The third-order valence-electron chi connectivity index (χ3n) is 3.00. The van der Waals surface area contributed by atoms with E-state index >= 15 is 0 Å². The van der Waals surface area contributed by atoms with Crippen LogP contribution in [0.3, 0.4) is 0 Å². The minimum atomic E-state index is -0.660. The maximum Gasteiger partial charge on any atom is 0.250 e. The number of hydrogen-bond acceptors (Lipinski definition) is 5. The second-order valence-corrected chi connectivity index (χ2v) is 4.57. The van der Waals surface area contributed by atoms with Gasteiger partial charge >= 0.3 is 0 Å². The highest BCUT2D eigenvalue weighted by molar-refractivity contribution is 6.04. The number of carbonyl (C=O) groups is 2. The molecule has 0 aliphatic rings. The number of nitrogens with one attached hydrogen (secondary N) is 2. The summed E-state index contributed by atoms with van der Waals surface area (Å²) in [7, 11) is 4.68. The average molecular weight is 332 g/mol. The van der Waals surface area contributed by atoms with Crippen LogP contribution in [-0.2, 0) is 4.79 Å². The van der Waals surface area contributed by atoms with E-state index in [1.165, 1.54) is 26.4 Å². The zero-order valence-electron chi connectivity index (χ0n) is 13.1. The lowest BCUT2D eigenvalue weighted by Gasteiger charge is -2.16. The Morgan fingerprint density at radius 3 is 2.23 bits per heavy atom. The quantitative estimate of drug-likeness (QED) is 0.692. The summed E-state index contributed by atoms with van der Waals surface area (Å²) in [5, 5.41) is 5.60. The predicted octanol–water partition coefficient (Wildman–Crippen LogP) is 1.02. The van der Waals surface area contributed by atoms with Crippen LogP contribution in [-0.4, -0.2) is 39.6 Å². The van der Waals surface area contributed by atoms with Crippen LogP contribution in [0, 0.1) is 5.92 Å². The van der Waals surface area contributed by atoms with E-state index in [0.29, 0.717) is 23.7 Å². The summed E-state index contributed by atoms with van der Waals surface area (Å²) >= 11 is 0. The summed E-state index contributed by atoms with van der Waals surface area (Å²) in [6.07, 6.45) is 0. The van der Waals surface area contributed by atoms with Gasteiger partial charge < -0.3 is 25.8 Å². The molecule has 0 spiro atoms. The van der Waals surface area contributed by atoms with E-state index in [1.54, 1.807) is 14.0 Å². The van der Waals surface area contributed by atoms with Crippen LogP contribution in [0.15, 0.2) is 12.1 Å². The normalized spacial score (nSPS) is 11.1. The number of halogens is 1. The van der Waals surface area contributed by atoms with E-state index in [-0.39, 0.29) is 29.8 Å². The molecule has 1 atom stereocenters. The van der Waals surface area contributed by atoms with Gasteiger partial charge in [0.2, 0.25) is 5.91 Å². The molecule has 2 amide bonds. The van der Waals surface area contributed by atoms with Crippen molar-refractivity contribution in [2.45, 2.75) is 6.92 Å². The number of benzene rings is 1. The predicted molar refractivity (Wildman–Crippen MR) is 87.0 cm³/mol. The third-order valence-corrected chi connectivity index (χ3v) is 3.00. The number of anilines is 1. The first-order valence-electron chi connectivity index (χ1n) is 6.45. The molecule has 124 valence electrons. The Hall–Kier alpha value is -1.99. The zero-order chi connectivity index (χ0) is 16.0. The number of amides is 2. The smallest absolute Gasteiger partial charge is 0.250 e. The van der Waals surface area contributed by atoms with Gasteiger partial charge in [-0.1, -0.05) is 6.92 Å². The lowest BCUT2D eigenvalue weighted by Crippen LogP contribution is -2.29. The fraction of sp³-hybridized carbons (Fsp3) is 0.429.